The predicted molar refractivity (Wildman–Crippen MR) is 89.5 cm³/mol. The molecule has 0 radical (unpaired) electrons. The van der Waals surface area contributed by atoms with Crippen LogP contribution >= 0.6 is 0 Å². The lowest BCUT2D eigenvalue weighted by Crippen LogP contribution is -2.42. The molecule has 0 aliphatic heterocycles. The molecule has 1 amide bonds. The van der Waals surface area contributed by atoms with Crippen LogP contribution in [0.15, 0.2) is 24.3 Å². The summed E-state index contributed by atoms with van der Waals surface area (Å²) in [6.07, 6.45) is 0.579. The van der Waals surface area contributed by atoms with E-state index in [4.69, 9.17) is 9.84 Å². The average molecular weight is 321 g/mol. The number of carbonyl (C=O) groups excluding carboxylic acids is 1. The maximum atomic E-state index is 12.0. The molecule has 0 fully saturated rings. The first-order valence-corrected chi connectivity index (χ1v) is 8.01. The standard InChI is InChI=1S/C18H27NO4/c1-12(2)9-16(18(21)22)19-17(20)10-14-5-7-15(8-6-14)23-11-13(3)4/h5-8,12-13,16H,9-11H2,1-4H3,(H,19,20)(H,21,22)/t16-/m0/s1. The molecule has 5 nitrogen and oxygen atoms in total. The Labute approximate surface area is 138 Å². The summed E-state index contributed by atoms with van der Waals surface area (Å²) in [7, 11) is 0. The lowest BCUT2D eigenvalue weighted by Gasteiger charge is -2.16. The molecule has 1 atom stereocenters. The molecular formula is C18H27NO4. The number of hydrogen-bond donors (Lipinski definition) is 2. The van der Waals surface area contributed by atoms with Gasteiger partial charge in [0.2, 0.25) is 5.91 Å². The monoisotopic (exact) mass is 321 g/mol. The summed E-state index contributed by atoms with van der Waals surface area (Å²) in [5.41, 5.74) is 0.827. The molecule has 0 saturated heterocycles. The molecule has 23 heavy (non-hydrogen) atoms. The highest BCUT2D eigenvalue weighted by Crippen LogP contribution is 2.14. The van der Waals surface area contributed by atoms with Crippen molar-refractivity contribution >= 4 is 11.9 Å². The molecule has 0 aliphatic rings. The van der Waals surface area contributed by atoms with E-state index in [2.05, 4.69) is 19.2 Å². The maximum Gasteiger partial charge on any atom is 0.326 e. The predicted octanol–water partition coefficient (Wildman–Crippen LogP) is 2.88. The number of carboxylic acid groups (broad SMARTS) is 1. The van der Waals surface area contributed by atoms with Crippen LogP contribution in [0.3, 0.4) is 0 Å². The number of hydrogen-bond acceptors (Lipinski definition) is 3. The largest absolute Gasteiger partial charge is 0.493 e. The second-order valence-corrected chi connectivity index (χ2v) is 6.61. The van der Waals surface area contributed by atoms with E-state index in [1.165, 1.54) is 0 Å². The first kappa shape index (κ1) is 19.0. The Kier molecular flexibility index (Phi) is 7.59. The first-order chi connectivity index (χ1) is 10.8. The summed E-state index contributed by atoms with van der Waals surface area (Å²) in [5.74, 6) is 0.146. The first-order valence-electron chi connectivity index (χ1n) is 8.01. The van der Waals surface area contributed by atoms with Crippen LogP contribution in [0.25, 0.3) is 0 Å². The van der Waals surface area contributed by atoms with Gasteiger partial charge in [-0.05, 0) is 36.0 Å². The molecule has 128 valence electrons. The number of rotatable bonds is 9. The van der Waals surface area contributed by atoms with Gasteiger partial charge in [0.15, 0.2) is 0 Å². The van der Waals surface area contributed by atoms with E-state index in [1.807, 2.05) is 38.1 Å². The van der Waals surface area contributed by atoms with Gasteiger partial charge in [-0.3, -0.25) is 4.79 Å². The molecule has 0 heterocycles. The molecule has 1 aromatic rings. The number of aliphatic carboxylic acids is 1. The topological polar surface area (TPSA) is 75.6 Å². The highest BCUT2D eigenvalue weighted by molar-refractivity contribution is 5.84. The minimum absolute atomic E-state index is 0.159. The molecule has 0 aliphatic carbocycles. The van der Waals surface area contributed by atoms with E-state index in [-0.39, 0.29) is 18.2 Å². The van der Waals surface area contributed by atoms with Crippen molar-refractivity contribution < 1.29 is 19.4 Å². The van der Waals surface area contributed by atoms with Gasteiger partial charge in [0.05, 0.1) is 13.0 Å². The van der Waals surface area contributed by atoms with Crippen LogP contribution < -0.4 is 10.1 Å². The van der Waals surface area contributed by atoms with Crippen LogP contribution in [0.1, 0.15) is 39.7 Å². The Morgan fingerprint density at radius 3 is 2.17 bits per heavy atom. The Morgan fingerprint density at radius 1 is 1.09 bits per heavy atom. The number of carbonyl (C=O) groups is 2. The number of nitrogens with one attached hydrogen (secondary N) is 1. The molecule has 1 rings (SSSR count). The molecule has 5 heteroatoms. The van der Waals surface area contributed by atoms with E-state index in [0.717, 1.165) is 11.3 Å². The van der Waals surface area contributed by atoms with Crippen molar-refractivity contribution in [1.29, 1.82) is 0 Å². The van der Waals surface area contributed by atoms with E-state index in [1.54, 1.807) is 0 Å². The Bertz CT molecular complexity index is 508. The number of ether oxygens (including phenoxy) is 1. The summed E-state index contributed by atoms with van der Waals surface area (Å²) in [6, 6.07) is 6.47. The number of amides is 1. The average Bonchev–Trinajstić information content (AvgIpc) is 2.45. The molecule has 0 bridgehead atoms. The highest BCUT2D eigenvalue weighted by Gasteiger charge is 2.20. The van der Waals surface area contributed by atoms with Gasteiger partial charge in [-0.15, -0.1) is 0 Å². The fourth-order valence-corrected chi connectivity index (χ4v) is 2.09. The van der Waals surface area contributed by atoms with Gasteiger partial charge in [0.25, 0.3) is 0 Å². The smallest absolute Gasteiger partial charge is 0.326 e. The van der Waals surface area contributed by atoms with Crippen LogP contribution in [0.4, 0.5) is 0 Å². The van der Waals surface area contributed by atoms with Gasteiger partial charge in [0.1, 0.15) is 11.8 Å². The van der Waals surface area contributed by atoms with E-state index in [0.29, 0.717) is 18.9 Å². The summed E-state index contributed by atoms with van der Waals surface area (Å²) < 4.78 is 5.59. The maximum absolute atomic E-state index is 12.0. The van der Waals surface area contributed by atoms with Crippen molar-refractivity contribution in [3.63, 3.8) is 0 Å². The third-order valence-corrected chi connectivity index (χ3v) is 3.21. The van der Waals surface area contributed by atoms with E-state index < -0.39 is 12.0 Å². The van der Waals surface area contributed by atoms with Crippen LogP contribution in [-0.4, -0.2) is 29.6 Å². The van der Waals surface area contributed by atoms with Gasteiger partial charge in [-0.1, -0.05) is 39.8 Å². The lowest BCUT2D eigenvalue weighted by molar-refractivity contribution is -0.142. The van der Waals surface area contributed by atoms with Crippen LogP contribution in [0.2, 0.25) is 0 Å². The molecule has 0 saturated carbocycles. The third-order valence-electron chi connectivity index (χ3n) is 3.21. The van der Waals surface area contributed by atoms with Crippen molar-refractivity contribution in [2.45, 2.75) is 46.6 Å². The van der Waals surface area contributed by atoms with Gasteiger partial charge < -0.3 is 15.2 Å². The lowest BCUT2D eigenvalue weighted by atomic mass is 10.0. The Balaban J connectivity index is 2.54. The number of carboxylic acids is 1. The quantitative estimate of drug-likeness (QED) is 0.733. The van der Waals surface area contributed by atoms with Crippen molar-refractivity contribution in [3.8, 4) is 5.75 Å². The van der Waals surface area contributed by atoms with E-state index in [9.17, 15) is 9.59 Å². The van der Waals surface area contributed by atoms with Crippen LogP contribution in [0, 0.1) is 11.8 Å². The SMILES string of the molecule is CC(C)COc1ccc(CC(=O)N[C@@H](CC(C)C)C(=O)O)cc1. The van der Waals surface area contributed by atoms with Gasteiger partial charge in [-0.25, -0.2) is 4.79 Å². The highest BCUT2D eigenvalue weighted by atomic mass is 16.5. The second-order valence-electron chi connectivity index (χ2n) is 6.61. The van der Waals surface area contributed by atoms with E-state index >= 15 is 0 Å². The van der Waals surface area contributed by atoms with Gasteiger partial charge in [0, 0.05) is 0 Å². The summed E-state index contributed by atoms with van der Waals surface area (Å²) in [4.78, 5) is 23.2. The molecule has 2 N–H and O–H groups in total. The fraction of sp³-hybridized carbons (Fsp3) is 0.556. The fourth-order valence-electron chi connectivity index (χ4n) is 2.09. The molecular weight excluding hydrogens is 294 g/mol. The van der Waals surface area contributed by atoms with Gasteiger partial charge in [-0.2, -0.15) is 0 Å². The third kappa shape index (κ3) is 7.68. The summed E-state index contributed by atoms with van der Waals surface area (Å²) in [5, 5.41) is 11.7. The normalized spacial score (nSPS) is 12.3. The zero-order valence-corrected chi connectivity index (χ0v) is 14.3. The zero-order chi connectivity index (χ0) is 17.4. The van der Waals surface area contributed by atoms with Crippen molar-refractivity contribution in [2.75, 3.05) is 6.61 Å². The summed E-state index contributed by atoms with van der Waals surface area (Å²) >= 11 is 0. The van der Waals surface area contributed by atoms with Gasteiger partial charge >= 0.3 is 5.97 Å². The van der Waals surface area contributed by atoms with Crippen molar-refractivity contribution in [2.24, 2.45) is 11.8 Å². The second kappa shape index (κ2) is 9.18. The van der Waals surface area contributed by atoms with Crippen molar-refractivity contribution in [3.05, 3.63) is 29.8 Å². The molecule has 1 aromatic carbocycles. The molecule has 0 spiro atoms. The van der Waals surface area contributed by atoms with Crippen molar-refractivity contribution in [1.82, 2.24) is 5.32 Å². The minimum Gasteiger partial charge on any atom is -0.493 e. The Morgan fingerprint density at radius 2 is 1.70 bits per heavy atom. The molecule has 0 aromatic heterocycles. The number of benzene rings is 1. The minimum atomic E-state index is -0.996. The Hall–Kier alpha value is -2.04. The summed E-state index contributed by atoms with van der Waals surface area (Å²) in [6.45, 7) is 8.66. The van der Waals surface area contributed by atoms with Crippen LogP contribution in [0.5, 0.6) is 5.75 Å². The van der Waals surface area contributed by atoms with Crippen LogP contribution in [-0.2, 0) is 16.0 Å². The molecule has 0 unspecified atom stereocenters. The zero-order valence-electron chi connectivity index (χ0n) is 14.3.